The van der Waals surface area contributed by atoms with E-state index in [4.69, 9.17) is 12.2 Å². The third-order valence-electron chi connectivity index (χ3n) is 5.14. The van der Waals surface area contributed by atoms with Gasteiger partial charge in [0.1, 0.15) is 0 Å². The fourth-order valence-electron chi connectivity index (χ4n) is 3.37. The van der Waals surface area contributed by atoms with E-state index in [1.165, 1.54) is 9.80 Å². The minimum absolute atomic E-state index is 0.190. The zero-order valence-electron chi connectivity index (χ0n) is 15.9. The number of para-hydroxylation sites is 2. The second-order valence-electron chi connectivity index (χ2n) is 7.29. The van der Waals surface area contributed by atoms with Gasteiger partial charge >= 0.3 is 0 Å². The van der Waals surface area contributed by atoms with Crippen LogP contribution >= 0.6 is 12.2 Å². The standard InChI is InChI=1S/C22H21N3O2S/c1-14-7-3-5-9-18(14)24-20(26)17(13-23-16-11-12-16)21(27)25(22(24)28)19-10-6-4-8-15(19)2/h3-10,13,16-17H,11-12H2,1-2H3/p+1. The van der Waals surface area contributed by atoms with Gasteiger partial charge in [0.2, 0.25) is 0 Å². The summed E-state index contributed by atoms with van der Waals surface area (Å²) in [6.07, 6.45) is 3.76. The quantitative estimate of drug-likeness (QED) is 0.491. The van der Waals surface area contributed by atoms with Gasteiger partial charge in [-0.1, -0.05) is 36.4 Å². The Balaban J connectivity index is 1.83. The molecule has 6 heteroatoms. The molecule has 2 aromatic carbocycles. The third kappa shape index (κ3) is 3.24. The van der Waals surface area contributed by atoms with Crippen LogP contribution in [0.3, 0.4) is 0 Å². The number of carbonyl (C=O) groups excluding carboxylic acids is 2. The molecule has 142 valence electrons. The van der Waals surface area contributed by atoms with E-state index in [1.54, 1.807) is 6.21 Å². The second-order valence-corrected chi connectivity index (χ2v) is 7.65. The van der Waals surface area contributed by atoms with Crippen LogP contribution in [0.15, 0.2) is 48.5 Å². The molecular formula is C22H22N3O2S+. The van der Waals surface area contributed by atoms with Crippen LogP contribution in [0.4, 0.5) is 11.4 Å². The summed E-state index contributed by atoms with van der Waals surface area (Å²) in [5.74, 6) is -1.56. The van der Waals surface area contributed by atoms with E-state index in [0.717, 1.165) is 24.0 Å². The topological polar surface area (TPSA) is 54.6 Å². The summed E-state index contributed by atoms with van der Waals surface area (Å²) in [6, 6.07) is 15.5. The van der Waals surface area contributed by atoms with Gasteiger partial charge in [-0.3, -0.25) is 19.4 Å². The van der Waals surface area contributed by atoms with Crippen molar-refractivity contribution in [3.63, 3.8) is 0 Å². The van der Waals surface area contributed by atoms with Gasteiger partial charge in [-0.15, -0.1) is 0 Å². The molecule has 1 aliphatic carbocycles. The molecule has 2 amide bonds. The highest BCUT2D eigenvalue weighted by molar-refractivity contribution is 7.81. The van der Waals surface area contributed by atoms with Gasteiger partial charge in [-0.05, 0) is 49.3 Å². The molecule has 1 aliphatic heterocycles. The molecule has 0 aromatic heterocycles. The first kappa shape index (κ1) is 18.5. The maximum Gasteiger partial charge on any atom is 0.256 e. The Hall–Kier alpha value is -2.86. The van der Waals surface area contributed by atoms with Crippen molar-refractivity contribution >= 4 is 46.7 Å². The predicted molar refractivity (Wildman–Crippen MR) is 113 cm³/mol. The third-order valence-corrected chi connectivity index (χ3v) is 5.51. The molecule has 2 fully saturated rings. The minimum atomic E-state index is -0.925. The van der Waals surface area contributed by atoms with E-state index in [1.807, 2.05) is 62.4 Å². The summed E-state index contributed by atoms with van der Waals surface area (Å²) in [5.41, 5.74) is 3.25. The molecule has 1 saturated heterocycles. The summed E-state index contributed by atoms with van der Waals surface area (Å²) < 4.78 is 0. The van der Waals surface area contributed by atoms with Crippen LogP contribution in [0.1, 0.15) is 24.0 Å². The number of benzene rings is 2. The fourth-order valence-corrected chi connectivity index (χ4v) is 3.75. The number of carbonyl (C=O) groups is 2. The minimum Gasteiger partial charge on any atom is -0.272 e. The normalized spacial score (nSPS) is 18.4. The Kier molecular flexibility index (Phi) is 4.81. The number of hydrogen-bond acceptors (Lipinski definition) is 3. The van der Waals surface area contributed by atoms with Crippen LogP contribution in [-0.4, -0.2) is 29.2 Å². The number of rotatable bonds is 4. The van der Waals surface area contributed by atoms with Crippen LogP contribution in [0.25, 0.3) is 0 Å². The van der Waals surface area contributed by atoms with Crippen molar-refractivity contribution in [2.24, 2.45) is 5.92 Å². The van der Waals surface area contributed by atoms with E-state index in [0.29, 0.717) is 17.4 Å². The Morgan fingerprint density at radius 1 is 0.893 bits per heavy atom. The molecule has 5 nitrogen and oxygen atoms in total. The van der Waals surface area contributed by atoms with E-state index in [2.05, 4.69) is 4.99 Å². The summed E-state index contributed by atoms with van der Waals surface area (Å²) in [7, 11) is 0. The summed E-state index contributed by atoms with van der Waals surface area (Å²) in [6.45, 7) is 3.86. The highest BCUT2D eigenvalue weighted by atomic mass is 32.1. The number of nitrogens with zero attached hydrogens (tertiary/aromatic N) is 2. The molecule has 0 atom stereocenters. The van der Waals surface area contributed by atoms with E-state index in [9.17, 15) is 9.59 Å². The molecule has 1 heterocycles. The highest BCUT2D eigenvalue weighted by Gasteiger charge is 2.46. The molecular weight excluding hydrogens is 370 g/mol. The second kappa shape index (κ2) is 7.28. The van der Waals surface area contributed by atoms with Crippen molar-refractivity contribution in [2.45, 2.75) is 32.7 Å². The maximum atomic E-state index is 13.3. The van der Waals surface area contributed by atoms with Crippen molar-refractivity contribution < 1.29 is 14.6 Å². The number of thiocarbonyl (C=S) groups is 1. The van der Waals surface area contributed by atoms with Gasteiger partial charge in [0.25, 0.3) is 11.8 Å². The molecule has 0 bridgehead atoms. The molecule has 0 radical (unpaired) electrons. The maximum absolute atomic E-state index is 13.3. The predicted octanol–water partition coefficient (Wildman–Crippen LogP) is 1.90. The summed E-state index contributed by atoms with van der Waals surface area (Å²) in [4.78, 5) is 32.8. The lowest BCUT2D eigenvalue weighted by Crippen LogP contribution is -2.74. The van der Waals surface area contributed by atoms with Crippen molar-refractivity contribution in [1.29, 1.82) is 0 Å². The molecule has 2 aromatic rings. The van der Waals surface area contributed by atoms with Crippen LogP contribution in [0, 0.1) is 19.8 Å². The zero-order valence-corrected chi connectivity index (χ0v) is 16.7. The Bertz CT molecular complexity index is 929. The Morgan fingerprint density at radius 3 is 1.79 bits per heavy atom. The highest BCUT2D eigenvalue weighted by Crippen LogP contribution is 2.31. The van der Waals surface area contributed by atoms with E-state index in [-0.39, 0.29) is 16.9 Å². The molecule has 1 N–H and O–H groups in total. The van der Waals surface area contributed by atoms with Crippen LogP contribution < -0.4 is 14.8 Å². The van der Waals surface area contributed by atoms with Crippen LogP contribution in [0.2, 0.25) is 0 Å². The zero-order chi connectivity index (χ0) is 19.8. The fraction of sp³-hybridized carbons (Fsp3) is 0.273. The average molecular weight is 393 g/mol. The van der Waals surface area contributed by atoms with Crippen molar-refractivity contribution in [2.75, 3.05) is 9.80 Å². The number of nitrogens with one attached hydrogen (secondary N) is 1. The first-order valence-electron chi connectivity index (χ1n) is 9.41. The molecule has 0 unspecified atom stereocenters. The van der Waals surface area contributed by atoms with Gasteiger partial charge in [-0.2, -0.15) is 0 Å². The van der Waals surface area contributed by atoms with Gasteiger partial charge in [0.15, 0.2) is 23.3 Å². The van der Waals surface area contributed by atoms with Crippen LogP contribution in [0.5, 0.6) is 0 Å². The SMILES string of the molecule is Cc1ccccc1N1C(=O)C(C=[NH+]C2CC2)C(=O)N(c2ccccc2C)C1=S. The number of amides is 2. The molecule has 4 rings (SSSR count). The summed E-state index contributed by atoms with van der Waals surface area (Å²) >= 11 is 5.66. The van der Waals surface area contributed by atoms with Gasteiger partial charge < -0.3 is 0 Å². The molecule has 28 heavy (non-hydrogen) atoms. The summed E-state index contributed by atoms with van der Waals surface area (Å²) in [5, 5.41) is 0.190. The monoisotopic (exact) mass is 392 g/mol. The molecule has 2 aliphatic rings. The lowest BCUT2D eigenvalue weighted by Gasteiger charge is -2.38. The number of anilines is 2. The van der Waals surface area contributed by atoms with Crippen molar-refractivity contribution in [1.82, 2.24) is 0 Å². The Morgan fingerprint density at radius 2 is 1.36 bits per heavy atom. The van der Waals surface area contributed by atoms with Gasteiger partial charge in [0, 0.05) is 12.8 Å². The molecule has 1 saturated carbocycles. The van der Waals surface area contributed by atoms with Crippen molar-refractivity contribution in [3.8, 4) is 0 Å². The lowest BCUT2D eigenvalue weighted by atomic mass is 10.0. The van der Waals surface area contributed by atoms with Gasteiger partial charge in [0.05, 0.1) is 11.4 Å². The smallest absolute Gasteiger partial charge is 0.256 e. The van der Waals surface area contributed by atoms with Gasteiger partial charge in [-0.25, -0.2) is 4.99 Å². The largest absolute Gasteiger partial charge is 0.272 e. The first-order valence-corrected chi connectivity index (χ1v) is 9.82. The van der Waals surface area contributed by atoms with Crippen LogP contribution in [-0.2, 0) is 9.59 Å². The van der Waals surface area contributed by atoms with Crippen molar-refractivity contribution in [3.05, 3.63) is 59.7 Å². The Labute approximate surface area is 169 Å². The first-order chi connectivity index (χ1) is 13.5. The number of hydrogen-bond donors (Lipinski definition) is 1. The average Bonchev–Trinajstić information content (AvgIpc) is 3.49. The van der Waals surface area contributed by atoms with E-state index >= 15 is 0 Å². The lowest BCUT2D eigenvalue weighted by molar-refractivity contribution is -0.469. The molecule has 0 spiro atoms. The number of aryl methyl sites for hydroxylation is 2. The van der Waals surface area contributed by atoms with E-state index < -0.39 is 5.92 Å².